The van der Waals surface area contributed by atoms with E-state index in [0.29, 0.717) is 0 Å². The fourth-order valence-electron chi connectivity index (χ4n) is 2.26. The van der Waals surface area contributed by atoms with Crippen LogP contribution in [0.2, 0.25) is 5.02 Å². The molecule has 0 aliphatic carbocycles. The lowest BCUT2D eigenvalue weighted by Gasteiger charge is -2.09. The Kier molecular flexibility index (Phi) is 4.58. The van der Waals surface area contributed by atoms with Crippen molar-refractivity contribution < 1.29 is 22.3 Å². The van der Waals surface area contributed by atoms with Gasteiger partial charge in [-0.2, -0.15) is 8.78 Å². The number of alkyl halides is 2. The average molecular weight is 373 g/mol. The van der Waals surface area contributed by atoms with E-state index in [1.165, 1.54) is 19.1 Å². The number of halogens is 5. The first-order valence-corrected chi connectivity index (χ1v) is 7.23. The van der Waals surface area contributed by atoms with Gasteiger partial charge in [-0.1, -0.05) is 22.9 Å². The zero-order chi connectivity index (χ0) is 18.1. The van der Waals surface area contributed by atoms with Gasteiger partial charge in [0.05, 0.1) is 16.3 Å². The molecule has 0 saturated heterocycles. The Hall–Kier alpha value is -2.68. The Morgan fingerprint density at radius 3 is 2.52 bits per heavy atom. The van der Waals surface area contributed by atoms with Crippen molar-refractivity contribution in [2.75, 3.05) is 0 Å². The van der Waals surface area contributed by atoms with Crippen LogP contribution in [0.25, 0.3) is 16.9 Å². The number of ether oxygens (including phenoxy) is 1. The number of hydrogen-bond donors (Lipinski definition) is 0. The van der Waals surface area contributed by atoms with Crippen LogP contribution in [0.5, 0.6) is 5.88 Å². The highest BCUT2D eigenvalue weighted by molar-refractivity contribution is 6.30. The van der Waals surface area contributed by atoms with Gasteiger partial charge < -0.3 is 4.74 Å². The molecule has 0 aliphatic heterocycles. The summed E-state index contributed by atoms with van der Waals surface area (Å²) in [4.78, 5) is 3.69. The number of aromatic nitrogens is 4. The van der Waals surface area contributed by atoms with E-state index in [0.717, 1.165) is 23.0 Å². The van der Waals surface area contributed by atoms with E-state index in [-0.39, 0.29) is 22.0 Å². The maximum absolute atomic E-state index is 14.0. The van der Waals surface area contributed by atoms with E-state index in [4.69, 9.17) is 11.6 Å². The molecule has 0 atom stereocenters. The van der Waals surface area contributed by atoms with Gasteiger partial charge in [-0.25, -0.2) is 18.4 Å². The molecule has 1 aromatic carbocycles. The number of pyridine rings is 1. The molecule has 2 heterocycles. The minimum Gasteiger partial charge on any atom is -0.416 e. The van der Waals surface area contributed by atoms with Gasteiger partial charge in [0.15, 0.2) is 11.6 Å². The molecule has 10 heteroatoms. The summed E-state index contributed by atoms with van der Waals surface area (Å²) in [6, 6.07) is 4.62. The summed E-state index contributed by atoms with van der Waals surface area (Å²) in [5.41, 5.74) is -0.182. The first-order valence-electron chi connectivity index (χ1n) is 6.86. The summed E-state index contributed by atoms with van der Waals surface area (Å²) in [6.07, 6.45) is 1.12. The number of rotatable bonds is 4. The normalized spacial score (nSPS) is 11.2. The predicted molar refractivity (Wildman–Crippen MR) is 80.9 cm³/mol. The lowest BCUT2D eigenvalue weighted by molar-refractivity contribution is -0.0524. The summed E-state index contributed by atoms with van der Waals surface area (Å²) in [5.74, 6) is -2.13. The van der Waals surface area contributed by atoms with Crippen LogP contribution in [0, 0.1) is 18.6 Å². The number of para-hydroxylation sites is 1. The summed E-state index contributed by atoms with van der Waals surface area (Å²) in [7, 11) is 0. The van der Waals surface area contributed by atoms with Crippen LogP contribution in [0.1, 0.15) is 5.69 Å². The highest BCUT2D eigenvalue weighted by atomic mass is 35.5. The summed E-state index contributed by atoms with van der Waals surface area (Å²) >= 11 is 5.85. The van der Waals surface area contributed by atoms with Crippen LogP contribution < -0.4 is 4.74 Å². The molecule has 5 nitrogen and oxygen atoms in total. The van der Waals surface area contributed by atoms with Gasteiger partial charge in [0.2, 0.25) is 5.88 Å². The third-order valence-electron chi connectivity index (χ3n) is 3.32. The molecule has 0 fully saturated rings. The third kappa shape index (κ3) is 3.27. The van der Waals surface area contributed by atoms with Gasteiger partial charge in [-0.15, -0.1) is 5.10 Å². The molecule has 3 aromatic rings. The largest absolute Gasteiger partial charge is 0.416 e. The molecule has 0 unspecified atom stereocenters. The fourth-order valence-corrected chi connectivity index (χ4v) is 2.41. The quantitative estimate of drug-likeness (QED) is 0.645. The van der Waals surface area contributed by atoms with Crippen LogP contribution in [-0.4, -0.2) is 26.6 Å². The molecule has 0 spiro atoms. The van der Waals surface area contributed by atoms with Gasteiger partial charge in [-0.3, -0.25) is 0 Å². The second-order valence-corrected chi connectivity index (χ2v) is 5.33. The Balaban J connectivity index is 2.16. The lowest BCUT2D eigenvalue weighted by atomic mass is 10.1. The van der Waals surface area contributed by atoms with Gasteiger partial charge in [0.25, 0.3) is 0 Å². The van der Waals surface area contributed by atoms with Crippen molar-refractivity contribution in [3.8, 4) is 22.8 Å². The number of nitrogens with zero attached hydrogens (tertiary/aromatic N) is 4. The molecular formula is C15H9ClF4N4O. The van der Waals surface area contributed by atoms with E-state index in [9.17, 15) is 17.6 Å². The highest BCUT2D eigenvalue weighted by Gasteiger charge is 2.22. The van der Waals surface area contributed by atoms with Gasteiger partial charge in [0, 0.05) is 6.20 Å². The van der Waals surface area contributed by atoms with E-state index < -0.39 is 29.8 Å². The second kappa shape index (κ2) is 6.67. The predicted octanol–water partition coefficient (Wildman–Crippen LogP) is 4.17. The molecule has 3 rings (SSSR count). The van der Waals surface area contributed by atoms with Crippen molar-refractivity contribution in [1.29, 1.82) is 0 Å². The van der Waals surface area contributed by atoms with Crippen molar-refractivity contribution in [3.05, 3.63) is 52.8 Å². The van der Waals surface area contributed by atoms with Crippen molar-refractivity contribution in [3.63, 3.8) is 0 Å². The maximum atomic E-state index is 14.0. The Bertz CT molecular complexity index is 912. The minimum absolute atomic E-state index is 0.0216. The molecule has 0 bridgehead atoms. The molecule has 0 N–H and O–H groups in total. The molecule has 25 heavy (non-hydrogen) atoms. The molecule has 2 aromatic heterocycles. The first kappa shape index (κ1) is 17.2. The van der Waals surface area contributed by atoms with E-state index in [2.05, 4.69) is 20.0 Å². The second-order valence-electron chi connectivity index (χ2n) is 4.89. The molecule has 0 amide bonds. The zero-order valence-corrected chi connectivity index (χ0v) is 13.3. The number of benzene rings is 1. The van der Waals surface area contributed by atoms with E-state index >= 15 is 0 Å². The molecule has 0 saturated carbocycles. The van der Waals surface area contributed by atoms with Crippen molar-refractivity contribution in [2.45, 2.75) is 13.5 Å². The average Bonchev–Trinajstić information content (AvgIpc) is 2.90. The zero-order valence-electron chi connectivity index (χ0n) is 12.6. The Morgan fingerprint density at radius 2 is 1.88 bits per heavy atom. The molecule has 0 radical (unpaired) electrons. The van der Waals surface area contributed by atoms with Crippen LogP contribution in [0.3, 0.4) is 0 Å². The summed E-state index contributed by atoms with van der Waals surface area (Å²) in [5, 5.41) is 7.66. The van der Waals surface area contributed by atoms with E-state index in [1.54, 1.807) is 0 Å². The molecule has 0 aliphatic rings. The van der Waals surface area contributed by atoms with Crippen LogP contribution in [0.15, 0.2) is 30.5 Å². The lowest BCUT2D eigenvalue weighted by Crippen LogP contribution is -2.06. The Labute approximate surface area is 143 Å². The monoisotopic (exact) mass is 372 g/mol. The molecular weight excluding hydrogens is 364 g/mol. The first-order chi connectivity index (χ1) is 11.9. The SMILES string of the molecule is Cc1c(-c2cc(Cl)cnc2OC(F)F)nnn1-c1c(F)cccc1F. The highest BCUT2D eigenvalue weighted by Crippen LogP contribution is 2.33. The van der Waals surface area contributed by atoms with Gasteiger partial charge >= 0.3 is 6.61 Å². The van der Waals surface area contributed by atoms with Crippen molar-refractivity contribution in [1.82, 2.24) is 20.0 Å². The molecule has 130 valence electrons. The van der Waals surface area contributed by atoms with Gasteiger partial charge in [-0.05, 0) is 25.1 Å². The van der Waals surface area contributed by atoms with Crippen molar-refractivity contribution >= 4 is 11.6 Å². The smallest absolute Gasteiger partial charge is 0.388 e. The summed E-state index contributed by atoms with van der Waals surface area (Å²) in [6.45, 7) is -1.65. The standard InChI is InChI=1S/C15H9ClF4N4O/c1-7-12(9-5-8(16)6-21-14(9)25-15(19)20)22-23-24(7)13-10(17)3-2-4-11(13)18/h2-6,15H,1H3. The van der Waals surface area contributed by atoms with Crippen molar-refractivity contribution in [2.24, 2.45) is 0 Å². The summed E-state index contributed by atoms with van der Waals surface area (Å²) < 4.78 is 58.3. The van der Waals surface area contributed by atoms with Gasteiger partial charge in [0.1, 0.15) is 11.4 Å². The van der Waals surface area contributed by atoms with E-state index in [1.807, 2.05) is 0 Å². The topological polar surface area (TPSA) is 52.8 Å². The fraction of sp³-hybridized carbons (Fsp3) is 0.133. The third-order valence-corrected chi connectivity index (χ3v) is 3.52. The Morgan fingerprint density at radius 1 is 1.20 bits per heavy atom. The van der Waals surface area contributed by atoms with Crippen LogP contribution >= 0.6 is 11.6 Å². The van der Waals surface area contributed by atoms with Crippen LogP contribution in [-0.2, 0) is 0 Å². The minimum atomic E-state index is -3.12. The maximum Gasteiger partial charge on any atom is 0.388 e. The van der Waals surface area contributed by atoms with Crippen LogP contribution in [0.4, 0.5) is 17.6 Å². The number of hydrogen-bond acceptors (Lipinski definition) is 4.